The third-order valence-corrected chi connectivity index (χ3v) is 3.71. The number of carbonyl (C=O) groups excluding carboxylic acids is 1. The van der Waals surface area contributed by atoms with Gasteiger partial charge >= 0.3 is 12.1 Å². The van der Waals surface area contributed by atoms with Crippen LogP contribution in [0.3, 0.4) is 0 Å². The lowest BCUT2D eigenvalue weighted by Gasteiger charge is -2.15. The molecular weight excluding hydrogens is 351 g/mol. The summed E-state index contributed by atoms with van der Waals surface area (Å²) in [7, 11) is 0. The Kier molecular flexibility index (Phi) is 5.69. The molecule has 2 aromatic rings. The number of hydrogen-bond donors (Lipinski definition) is 2. The predicted octanol–water partition coefficient (Wildman–Crippen LogP) is 3.18. The number of aryl methyl sites for hydroxylation is 1. The zero-order valence-electron chi connectivity index (χ0n) is 14.2. The minimum atomic E-state index is -4.85. The van der Waals surface area contributed by atoms with Gasteiger partial charge in [0.15, 0.2) is 5.69 Å². The van der Waals surface area contributed by atoms with Gasteiger partial charge < -0.3 is 10.4 Å². The third kappa shape index (κ3) is 4.22. The van der Waals surface area contributed by atoms with Gasteiger partial charge in [-0.2, -0.15) is 18.3 Å². The van der Waals surface area contributed by atoms with Crippen molar-refractivity contribution in [1.29, 1.82) is 0 Å². The lowest BCUT2D eigenvalue weighted by atomic mass is 10.1. The number of amides is 1. The second-order valence-electron chi connectivity index (χ2n) is 5.81. The number of carbonyl (C=O) groups is 2. The number of aromatic nitrogens is 2. The molecule has 0 aliphatic rings. The van der Waals surface area contributed by atoms with Crippen LogP contribution in [0.15, 0.2) is 30.5 Å². The van der Waals surface area contributed by atoms with Gasteiger partial charge in [0, 0.05) is 0 Å². The maximum Gasteiger partial charge on any atom is 0.434 e. The summed E-state index contributed by atoms with van der Waals surface area (Å²) in [6.45, 7) is 3.43. The molecule has 1 aromatic carbocycles. The number of aliphatic carboxylic acids is 1. The maximum atomic E-state index is 13.6. The Hall–Kier alpha value is -2.84. The number of benzene rings is 1. The van der Waals surface area contributed by atoms with Crippen LogP contribution in [0.4, 0.5) is 13.2 Å². The van der Waals surface area contributed by atoms with Crippen LogP contribution in [0.2, 0.25) is 0 Å². The van der Waals surface area contributed by atoms with Crippen molar-refractivity contribution in [2.75, 3.05) is 0 Å². The van der Waals surface area contributed by atoms with Crippen molar-refractivity contribution in [3.8, 4) is 5.69 Å². The Balaban J connectivity index is 2.47. The smallest absolute Gasteiger partial charge is 0.434 e. The van der Waals surface area contributed by atoms with E-state index in [1.807, 2.05) is 0 Å². The van der Waals surface area contributed by atoms with Gasteiger partial charge in [0.1, 0.15) is 6.04 Å². The fourth-order valence-corrected chi connectivity index (χ4v) is 2.52. The SMILES string of the molecule is CCCC(NC(=O)c1cnn(-c2cccc(C)c2)c1C(F)(F)F)C(=O)O. The van der Waals surface area contributed by atoms with Crippen LogP contribution in [0, 0.1) is 6.92 Å². The molecule has 26 heavy (non-hydrogen) atoms. The van der Waals surface area contributed by atoms with Crippen LogP contribution in [-0.4, -0.2) is 32.8 Å². The standard InChI is InChI=1S/C17H18F3N3O3/c1-3-5-13(16(25)26)22-15(24)12-9-21-23(14(12)17(18,19)20)11-7-4-6-10(2)8-11/h4,6-9,13H,3,5H2,1-2H3,(H,22,24)(H,25,26). The molecule has 0 radical (unpaired) electrons. The topological polar surface area (TPSA) is 84.2 Å². The molecule has 0 aliphatic heterocycles. The lowest BCUT2D eigenvalue weighted by molar-refractivity contribution is -0.143. The molecule has 1 unspecified atom stereocenters. The first-order valence-electron chi connectivity index (χ1n) is 7.91. The first-order valence-corrected chi connectivity index (χ1v) is 7.91. The van der Waals surface area contributed by atoms with Crippen molar-refractivity contribution in [2.45, 2.75) is 38.9 Å². The summed E-state index contributed by atoms with van der Waals surface area (Å²) >= 11 is 0. The molecular formula is C17H18F3N3O3. The molecule has 0 saturated heterocycles. The monoisotopic (exact) mass is 369 g/mol. The number of alkyl halides is 3. The van der Waals surface area contributed by atoms with Crippen LogP contribution in [-0.2, 0) is 11.0 Å². The highest BCUT2D eigenvalue weighted by Crippen LogP contribution is 2.33. The molecule has 1 aromatic heterocycles. The number of rotatable bonds is 6. The average Bonchev–Trinajstić information content (AvgIpc) is 2.99. The van der Waals surface area contributed by atoms with Crippen LogP contribution in [0.25, 0.3) is 5.69 Å². The Labute approximate surface area is 147 Å². The normalized spacial score (nSPS) is 12.7. The van der Waals surface area contributed by atoms with E-state index in [9.17, 15) is 22.8 Å². The van der Waals surface area contributed by atoms with Gasteiger partial charge in [-0.25, -0.2) is 9.48 Å². The molecule has 1 atom stereocenters. The molecule has 9 heteroatoms. The van der Waals surface area contributed by atoms with Gasteiger partial charge in [-0.3, -0.25) is 4.79 Å². The number of nitrogens with zero attached hydrogens (tertiary/aromatic N) is 2. The maximum absolute atomic E-state index is 13.6. The zero-order chi connectivity index (χ0) is 19.5. The molecule has 0 bridgehead atoms. The molecule has 140 valence electrons. The van der Waals surface area contributed by atoms with E-state index in [-0.39, 0.29) is 12.1 Å². The van der Waals surface area contributed by atoms with Crippen molar-refractivity contribution < 1.29 is 27.9 Å². The van der Waals surface area contributed by atoms with Gasteiger partial charge in [0.25, 0.3) is 5.91 Å². The van der Waals surface area contributed by atoms with Crippen LogP contribution < -0.4 is 5.32 Å². The summed E-state index contributed by atoms with van der Waals surface area (Å²) in [4.78, 5) is 23.4. The number of halogens is 3. The molecule has 6 nitrogen and oxygen atoms in total. The largest absolute Gasteiger partial charge is 0.480 e. The molecule has 0 spiro atoms. The van der Waals surface area contributed by atoms with Crippen molar-refractivity contribution in [2.24, 2.45) is 0 Å². The van der Waals surface area contributed by atoms with Gasteiger partial charge in [-0.05, 0) is 31.0 Å². The highest BCUT2D eigenvalue weighted by Gasteiger charge is 2.41. The fourth-order valence-electron chi connectivity index (χ4n) is 2.52. The van der Waals surface area contributed by atoms with Crippen LogP contribution in [0.1, 0.15) is 41.4 Å². The van der Waals surface area contributed by atoms with Crippen molar-refractivity contribution in [1.82, 2.24) is 15.1 Å². The minimum absolute atomic E-state index is 0.106. The second-order valence-corrected chi connectivity index (χ2v) is 5.81. The molecule has 2 rings (SSSR count). The Bertz CT molecular complexity index is 815. The van der Waals surface area contributed by atoms with Crippen LogP contribution >= 0.6 is 0 Å². The van der Waals surface area contributed by atoms with E-state index in [2.05, 4.69) is 10.4 Å². The molecule has 1 heterocycles. The quantitative estimate of drug-likeness (QED) is 0.819. The zero-order valence-corrected chi connectivity index (χ0v) is 14.2. The molecule has 0 saturated carbocycles. The average molecular weight is 369 g/mol. The van der Waals surface area contributed by atoms with E-state index in [1.165, 1.54) is 12.1 Å². The number of nitrogens with one attached hydrogen (secondary N) is 1. The Morgan fingerprint density at radius 1 is 1.35 bits per heavy atom. The summed E-state index contributed by atoms with van der Waals surface area (Å²) in [6, 6.07) is 4.97. The molecule has 1 amide bonds. The summed E-state index contributed by atoms with van der Waals surface area (Å²) in [5.74, 6) is -2.43. The van der Waals surface area contributed by atoms with E-state index in [0.717, 1.165) is 11.8 Å². The van der Waals surface area contributed by atoms with E-state index in [4.69, 9.17) is 5.11 Å². The lowest BCUT2D eigenvalue weighted by Crippen LogP contribution is -2.41. The molecule has 0 fully saturated rings. The van der Waals surface area contributed by atoms with E-state index in [1.54, 1.807) is 26.0 Å². The fraction of sp³-hybridized carbons (Fsp3) is 0.353. The molecule has 2 N–H and O–H groups in total. The van der Waals surface area contributed by atoms with Gasteiger partial charge in [-0.15, -0.1) is 0 Å². The van der Waals surface area contributed by atoms with E-state index < -0.39 is 35.4 Å². The summed E-state index contributed by atoms with van der Waals surface area (Å²) < 4.78 is 41.4. The first-order chi connectivity index (χ1) is 12.1. The number of hydrogen-bond acceptors (Lipinski definition) is 3. The summed E-state index contributed by atoms with van der Waals surface area (Å²) in [5.41, 5.74) is -1.09. The number of carboxylic acid groups (broad SMARTS) is 1. The summed E-state index contributed by atoms with van der Waals surface area (Å²) in [5, 5.41) is 14.9. The minimum Gasteiger partial charge on any atom is -0.480 e. The Morgan fingerprint density at radius 3 is 2.58 bits per heavy atom. The van der Waals surface area contributed by atoms with Gasteiger partial charge in [-0.1, -0.05) is 25.5 Å². The highest BCUT2D eigenvalue weighted by atomic mass is 19.4. The van der Waals surface area contributed by atoms with Crippen molar-refractivity contribution in [3.63, 3.8) is 0 Å². The van der Waals surface area contributed by atoms with Crippen molar-refractivity contribution in [3.05, 3.63) is 47.3 Å². The first kappa shape index (κ1) is 19.5. The highest BCUT2D eigenvalue weighted by molar-refractivity contribution is 5.97. The third-order valence-electron chi connectivity index (χ3n) is 3.71. The number of carboxylic acids is 1. The second kappa shape index (κ2) is 7.59. The van der Waals surface area contributed by atoms with E-state index >= 15 is 0 Å². The van der Waals surface area contributed by atoms with Gasteiger partial charge in [0.2, 0.25) is 0 Å². The van der Waals surface area contributed by atoms with Crippen LogP contribution in [0.5, 0.6) is 0 Å². The van der Waals surface area contributed by atoms with Gasteiger partial charge in [0.05, 0.1) is 17.4 Å². The predicted molar refractivity (Wildman–Crippen MR) is 87.1 cm³/mol. The van der Waals surface area contributed by atoms with Crippen molar-refractivity contribution >= 4 is 11.9 Å². The Morgan fingerprint density at radius 2 is 2.04 bits per heavy atom. The van der Waals surface area contributed by atoms with E-state index in [0.29, 0.717) is 11.1 Å². The summed E-state index contributed by atoms with van der Waals surface area (Å²) in [6.07, 6.45) is -3.50. The molecule has 0 aliphatic carbocycles.